The number of halogens is 2. The Morgan fingerprint density at radius 2 is 2.05 bits per heavy atom. The molecule has 0 radical (unpaired) electrons. The zero-order valence-electron chi connectivity index (χ0n) is 11.8. The maximum Gasteiger partial charge on any atom is 0.0655 e. The number of nitrogens with one attached hydrogen (secondary N) is 1. The van der Waals surface area contributed by atoms with Crippen LogP contribution in [0, 0.1) is 5.92 Å². The Labute approximate surface area is 126 Å². The summed E-state index contributed by atoms with van der Waals surface area (Å²) in [5, 5.41) is 4.94. The van der Waals surface area contributed by atoms with Gasteiger partial charge >= 0.3 is 0 Å². The van der Waals surface area contributed by atoms with Crippen molar-refractivity contribution in [1.29, 1.82) is 0 Å². The Morgan fingerprint density at radius 1 is 1.26 bits per heavy atom. The van der Waals surface area contributed by atoms with E-state index in [0.717, 1.165) is 22.3 Å². The first kappa shape index (κ1) is 15.0. The quantitative estimate of drug-likeness (QED) is 0.625. The first-order valence-corrected chi connectivity index (χ1v) is 8.12. The van der Waals surface area contributed by atoms with E-state index in [9.17, 15) is 0 Å². The summed E-state index contributed by atoms with van der Waals surface area (Å²) in [6.07, 6.45) is 6.62. The van der Waals surface area contributed by atoms with Gasteiger partial charge in [0.05, 0.1) is 10.7 Å². The Hall–Kier alpha value is -0.400. The van der Waals surface area contributed by atoms with Gasteiger partial charge in [-0.25, -0.2) is 0 Å². The molecule has 2 atom stereocenters. The first-order valence-electron chi connectivity index (χ1n) is 7.36. The van der Waals surface area contributed by atoms with Crippen molar-refractivity contribution in [1.82, 2.24) is 0 Å². The van der Waals surface area contributed by atoms with Crippen molar-refractivity contribution in [2.24, 2.45) is 5.92 Å². The molecule has 2 unspecified atom stereocenters. The van der Waals surface area contributed by atoms with Gasteiger partial charge in [0.15, 0.2) is 0 Å². The molecule has 1 aliphatic rings. The molecule has 0 bridgehead atoms. The minimum atomic E-state index is 0.549. The summed E-state index contributed by atoms with van der Waals surface area (Å²) >= 11 is 12.4. The molecule has 1 aromatic carbocycles. The number of benzene rings is 1. The molecule has 0 aliphatic carbocycles. The van der Waals surface area contributed by atoms with Crippen LogP contribution in [-0.2, 0) is 0 Å². The summed E-state index contributed by atoms with van der Waals surface area (Å²) in [5.41, 5.74) is 2.40. The maximum absolute atomic E-state index is 6.24. The zero-order chi connectivity index (χ0) is 13.8. The third-order valence-corrected chi connectivity index (χ3v) is 4.70. The summed E-state index contributed by atoms with van der Waals surface area (Å²) in [5.74, 6) is 1.23. The summed E-state index contributed by atoms with van der Waals surface area (Å²) in [6.45, 7) is 5.59. The highest BCUT2D eigenvalue weighted by atomic mass is 35.5. The van der Waals surface area contributed by atoms with Crippen molar-refractivity contribution in [3.63, 3.8) is 0 Å². The molecule has 1 N–H and O–H groups in total. The smallest absolute Gasteiger partial charge is 0.0655 e. The van der Waals surface area contributed by atoms with Gasteiger partial charge in [0, 0.05) is 17.5 Å². The van der Waals surface area contributed by atoms with E-state index in [1.54, 1.807) is 0 Å². The Bertz CT molecular complexity index is 431. The molecule has 19 heavy (non-hydrogen) atoms. The normalized spacial score (nSPS) is 19.1. The topological polar surface area (TPSA) is 12.0 Å². The fourth-order valence-electron chi connectivity index (χ4n) is 3.00. The van der Waals surface area contributed by atoms with Gasteiger partial charge in [-0.15, -0.1) is 0 Å². The third-order valence-electron chi connectivity index (χ3n) is 4.18. The summed E-state index contributed by atoms with van der Waals surface area (Å²) in [6, 6.07) is 3.90. The molecule has 2 rings (SSSR count). The summed E-state index contributed by atoms with van der Waals surface area (Å²) < 4.78 is 0. The van der Waals surface area contributed by atoms with Gasteiger partial charge in [-0.1, -0.05) is 69.2 Å². The molecule has 0 saturated carbocycles. The molecular weight excluding hydrogens is 277 g/mol. The molecule has 106 valence electrons. The molecule has 0 amide bonds. The van der Waals surface area contributed by atoms with E-state index in [0.29, 0.717) is 11.8 Å². The second-order valence-electron chi connectivity index (χ2n) is 5.67. The predicted octanol–water partition coefficient (Wildman–Crippen LogP) is 6.11. The lowest BCUT2D eigenvalue weighted by molar-refractivity contribution is 0.427. The van der Waals surface area contributed by atoms with Crippen molar-refractivity contribution >= 4 is 28.9 Å². The molecule has 1 nitrogen and oxygen atoms in total. The van der Waals surface area contributed by atoms with E-state index in [2.05, 4.69) is 25.2 Å². The summed E-state index contributed by atoms with van der Waals surface area (Å²) in [7, 11) is 0. The van der Waals surface area contributed by atoms with Crippen LogP contribution in [0.25, 0.3) is 0 Å². The first-order chi connectivity index (χ1) is 9.13. The number of anilines is 1. The van der Waals surface area contributed by atoms with E-state index in [4.69, 9.17) is 23.2 Å². The van der Waals surface area contributed by atoms with Crippen LogP contribution in [0.15, 0.2) is 12.1 Å². The van der Waals surface area contributed by atoms with Crippen LogP contribution in [0.5, 0.6) is 0 Å². The van der Waals surface area contributed by atoms with Gasteiger partial charge in [0.1, 0.15) is 0 Å². The van der Waals surface area contributed by atoms with Crippen molar-refractivity contribution < 1.29 is 0 Å². The number of fused-ring (bicyclic) bond motifs is 1. The van der Waals surface area contributed by atoms with Crippen molar-refractivity contribution in [3.8, 4) is 0 Å². The minimum Gasteiger partial charge on any atom is -0.383 e. The maximum atomic E-state index is 6.24. The van der Waals surface area contributed by atoms with Crippen LogP contribution < -0.4 is 5.32 Å². The molecule has 0 spiro atoms. The second-order valence-corrected chi connectivity index (χ2v) is 6.51. The van der Waals surface area contributed by atoms with E-state index in [1.807, 2.05) is 6.07 Å². The van der Waals surface area contributed by atoms with Crippen LogP contribution in [0.2, 0.25) is 10.0 Å². The SMILES string of the molecule is CCCCCCC(C)C1CNc2c(Cl)cc(Cl)cc21. The largest absolute Gasteiger partial charge is 0.383 e. The molecule has 0 saturated heterocycles. The highest BCUT2D eigenvalue weighted by Gasteiger charge is 2.28. The van der Waals surface area contributed by atoms with Crippen LogP contribution in [-0.4, -0.2) is 6.54 Å². The average molecular weight is 300 g/mol. The van der Waals surface area contributed by atoms with Gasteiger partial charge in [0.2, 0.25) is 0 Å². The van der Waals surface area contributed by atoms with Crippen LogP contribution >= 0.6 is 23.2 Å². The van der Waals surface area contributed by atoms with Crippen LogP contribution in [0.1, 0.15) is 57.4 Å². The van der Waals surface area contributed by atoms with Crippen molar-refractivity contribution in [2.75, 3.05) is 11.9 Å². The molecule has 0 fully saturated rings. The Morgan fingerprint density at radius 3 is 2.79 bits per heavy atom. The molecule has 0 aromatic heterocycles. The van der Waals surface area contributed by atoms with Gasteiger partial charge in [-0.2, -0.15) is 0 Å². The number of hydrogen-bond donors (Lipinski definition) is 1. The molecule has 3 heteroatoms. The Balaban J connectivity index is 2.01. The molecular formula is C16H23Cl2N. The standard InChI is InChI=1S/C16H23Cl2N/c1-3-4-5-6-7-11(2)14-10-19-16-13(14)8-12(17)9-15(16)18/h8-9,11,14,19H,3-7,10H2,1-2H3. The fraction of sp³-hybridized carbons (Fsp3) is 0.625. The second kappa shape index (κ2) is 6.85. The lowest BCUT2D eigenvalue weighted by Gasteiger charge is -2.19. The van der Waals surface area contributed by atoms with E-state index in [1.165, 1.54) is 37.7 Å². The van der Waals surface area contributed by atoms with Gasteiger partial charge in [0.25, 0.3) is 0 Å². The van der Waals surface area contributed by atoms with E-state index >= 15 is 0 Å². The number of hydrogen-bond acceptors (Lipinski definition) is 1. The number of unbranched alkanes of at least 4 members (excludes halogenated alkanes) is 3. The van der Waals surface area contributed by atoms with E-state index in [-0.39, 0.29) is 0 Å². The monoisotopic (exact) mass is 299 g/mol. The highest BCUT2D eigenvalue weighted by Crippen LogP contribution is 2.43. The van der Waals surface area contributed by atoms with Crippen molar-refractivity contribution in [2.45, 2.75) is 51.9 Å². The Kier molecular flexibility index (Phi) is 5.41. The minimum absolute atomic E-state index is 0.549. The lowest BCUT2D eigenvalue weighted by atomic mass is 9.85. The molecule has 1 aliphatic heterocycles. The lowest BCUT2D eigenvalue weighted by Crippen LogP contribution is -2.12. The zero-order valence-corrected chi connectivity index (χ0v) is 13.3. The molecule has 1 aromatic rings. The number of rotatable bonds is 6. The predicted molar refractivity (Wildman–Crippen MR) is 85.6 cm³/mol. The van der Waals surface area contributed by atoms with E-state index < -0.39 is 0 Å². The van der Waals surface area contributed by atoms with Gasteiger partial charge < -0.3 is 5.32 Å². The van der Waals surface area contributed by atoms with Crippen molar-refractivity contribution in [3.05, 3.63) is 27.7 Å². The fourth-order valence-corrected chi connectivity index (χ4v) is 3.57. The highest BCUT2D eigenvalue weighted by molar-refractivity contribution is 6.36. The van der Waals surface area contributed by atoms with Crippen LogP contribution in [0.3, 0.4) is 0 Å². The third kappa shape index (κ3) is 3.58. The van der Waals surface area contributed by atoms with Gasteiger partial charge in [-0.05, 0) is 23.6 Å². The van der Waals surface area contributed by atoms with Crippen LogP contribution in [0.4, 0.5) is 5.69 Å². The van der Waals surface area contributed by atoms with Gasteiger partial charge in [-0.3, -0.25) is 0 Å². The molecule has 1 heterocycles. The average Bonchev–Trinajstić information content (AvgIpc) is 2.78. The summed E-state index contributed by atoms with van der Waals surface area (Å²) in [4.78, 5) is 0.